The fraction of sp³-hybridized carbons (Fsp3) is 0.933. The first-order chi connectivity index (χ1) is 9.10. The number of hydrogen-bond donors (Lipinski definition) is 0. The van der Waals surface area contributed by atoms with E-state index < -0.39 is 0 Å². The van der Waals surface area contributed by atoms with Crippen molar-refractivity contribution in [3.8, 4) is 0 Å². The van der Waals surface area contributed by atoms with Gasteiger partial charge in [-0.1, -0.05) is 20.3 Å². The summed E-state index contributed by atoms with van der Waals surface area (Å²) in [5, 5.41) is 0. The largest absolute Gasteiger partial charge is 0.469 e. The molecular weight excluding hydrogens is 244 g/mol. The zero-order valence-corrected chi connectivity index (χ0v) is 12.7. The number of esters is 1. The second-order valence-corrected chi connectivity index (χ2v) is 5.47. The second-order valence-electron chi connectivity index (χ2n) is 5.47. The summed E-state index contributed by atoms with van der Waals surface area (Å²) in [7, 11) is 1.43. The van der Waals surface area contributed by atoms with E-state index in [1.165, 1.54) is 7.11 Å². The summed E-state index contributed by atoms with van der Waals surface area (Å²) in [4.78, 5) is 11.8. The van der Waals surface area contributed by atoms with E-state index >= 15 is 0 Å². The van der Waals surface area contributed by atoms with Crippen molar-refractivity contribution >= 4 is 5.97 Å². The lowest BCUT2D eigenvalue weighted by molar-refractivity contribution is -0.211. The topological polar surface area (TPSA) is 44.8 Å². The first-order valence-electron chi connectivity index (χ1n) is 7.45. The van der Waals surface area contributed by atoms with Gasteiger partial charge in [0.1, 0.15) is 0 Å². The Bertz CT molecular complexity index is 261. The highest BCUT2D eigenvalue weighted by Crippen LogP contribution is 2.26. The van der Waals surface area contributed by atoms with Gasteiger partial charge in [-0.15, -0.1) is 0 Å². The molecule has 0 radical (unpaired) electrons. The molecule has 4 unspecified atom stereocenters. The highest BCUT2D eigenvalue weighted by molar-refractivity contribution is 5.72. The molecule has 1 saturated heterocycles. The standard InChI is InChI=1S/C15H28O4/c1-5-8-11(2)14(12(3)15(16)17-4)19-13-9-6-7-10-18-13/h11-14H,5-10H2,1-4H3. The van der Waals surface area contributed by atoms with Crippen LogP contribution in [0.15, 0.2) is 0 Å². The highest BCUT2D eigenvalue weighted by Gasteiger charge is 2.32. The third kappa shape index (κ3) is 5.11. The Morgan fingerprint density at radius 3 is 2.63 bits per heavy atom. The Morgan fingerprint density at radius 1 is 1.37 bits per heavy atom. The predicted molar refractivity (Wildman–Crippen MR) is 73.7 cm³/mol. The summed E-state index contributed by atoms with van der Waals surface area (Å²) >= 11 is 0. The predicted octanol–water partition coefficient (Wildman–Crippen LogP) is 3.14. The molecule has 0 amide bonds. The van der Waals surface area contributed by atoms with Crippen molar-refractivity contribution in [2.75, 3.05) is 13.7 Å². The fourth-order valence-corrected chi connectivity index (χ4v) is 2.68. The van der Waals surface area contributed by atoms with Crippen molar-refractivity contribution in [3.05, 3.63) is 0 Å². The highest BCUT2D eigenvalue weighted by atomic mass is 16.7. The molecule has 112 valence electrons. The molecule has 0 aliphatic carbocycles. The number of hydrogen-bond acceptors (Lipinski definition) is 4. The Hall–Kier alpha value is -0.610. The van der Waals surface area contributed by atoms with E-state index in [4.69, 9.17) is 14.2 Å². The van der Waals surface area contributed by atoms with Gasteiger partial charge >= 0.3 is 5.97 Å². The maximum atomic E-state index is 11.8. The summed E-state index contributed by atoms with van der Waals surface area (Å²) < 4.78 is 16.5. The Morgan fingerprint density at radius 2 is 2.11 bits per heavy atom. The van der Waals surface area contributed by atoms with Crippen LogP contribution < -0.4 is 0 Å². The van der Waals surface area contributed by atoms with Crippen molar-refractivity contribution in [2.45, 2.75) is 65.3 Å². The quantitative estimate of drug-likeness (QED) is 0.668. The molecule has 4 atom stereocenters. The first-order valence-corrected chi connectivity index (χ1v) is 7.45. The van der Waals surface area contributed by atoms with Crippen LogP contribution in [0.4, 0.5) is 0 Å². The van der Waals surface area contributed by atoms with Crippen LogP contribution >= 0.6 is 0 Å². The molecule has 0 bridgehead atoms. The third-order valence-electron chi connectivity index (χ3n) is 3.82. The summed E-state index contributed by atoms with van der Waals surface area (Å²) in [6.45, 7) is 6.92. The number of rotatable bonds is 7. The summed E-state index contributed by atoms with van der Waals surface area (Å²) in [6.07, 6.45) is 4.98. The van der Waals surface area contributed by atoms with E-state index in [-0.39, 0.29) is 24.3 Å². The van der Waals surface area contributed by atoms with Gasteiger partial charge in [0.15, 0.2) is 6.29 Å². The molecule has 0 aromatic rings. The number of carbonyl (C=O) groups excluding carboxylic acids is 1. The van der Waals surface area contributed by atoms with Crippen molar-refractivity contribution in [2.24, 2.45) is 11.8 Å². The molecule has 1 aliphatic heterocycles. The molecule has 0 N–H and O–H groups in total. The molecule has 19 heavy (non-hydrogen) atoms. The lowest BCUT2D eigenvalue weighted by Crippen LogP contribution is -2.39. The van der Waals surface area contributed by atoms with Gasteiger partial charge in [0.25, 0.3) is 0 Å². The number of methoxy groups -OCH3 is 1. The lowest BCUT2D eigenvalue weighted by atomic mass is 9.90. The summed E-state index contributed by atoms with van der Waals surface area (Å²) in [5.74, 6) is -0.134. The maximum Gasteiger partial charge on any atom is 0.311 e. The zero-order chi connectivity index (χ0) is 14.3. The van der Waals surface area contributed by atoms with Gasteiger partial charge in [-0.05, 0) is 38.5 Å². The number of carbonyl (C=O) groups is 1. The van der Waals surface area contributed by atoms with Crippen molar-refractivity contribution in [3.63, 3.8) is 0 Å². The minimum atomic E-state index is -0.253. The molecule has 0 aromatic heterocycles. The molecule has 0 aromatic carbocycles. The van der Waals surface area contributed by atoms with Crippen molar-refractivity contribution in [1.82, 2.24) is 0 Å². The van der Waals surface area contributed by atoms with Gasteiger partial charge in [0.2, 0.25) is 0 Å². The van der Waals surface area contributed by atoms with Crippen LogP contribution in [0.5, 0.6) is 0 Å². The zero-order valence-electron chi connectivity index (χ0n) is 12.7. The van der Waals surface area contributed by atoms with Crippen LogP contribution in [-0.4, -0.2) is 32.1 Å². The van der Waals surface area contributed by atoms with Crippen LogP contribution in [0.1, 0.15) is 52.9 Å². The van der Waals surface area contributed by atoms with Gasteiger partial charge in [-0.25, -0.2) is 0 Å². The van der Waals surface area contributed by atoms with Crippen LogP contribution in [0.3, 0.4) is 0 Å². The molecular formula is C15H28O4. The molecule has 1 rings (SSSR count). The lowest BCUT2D eigenvalue weighted by Gasteiger charge is -2.33. The van der Waals surface area contributed by atoms with E-state index in [9.17, 15) is 4.79 Å². The Kier molecular flexibility index (Phi) is 7.39. The van der Waals surface area contributed by atoms with E-state index in [0.29, 0.717) is 5.92 Å². The minimum Gasteiger partial charge on any atom is -0.469 e. The van der Waals surface area contributed by atoms with Gasteiger partial charge in [-0.2, -0.15) is 0 Å². The normalized spacial score (nSPS) is 24.5. The van der Waals surface area contributed by atoms with Gasteiger partial charge in [0, 0.05) is 6.61 Å². The van der Waals surface area contributed by atoms with E-state index in [1.54, 1.807) is 0 Å². The number of ether oxygens (including phenoxy) is 3. The SMILES string of the molecule is CCCC(C)C(OC1CCCCO1)C(C)C(=O)OC. The van der Waals surface area contributed by atoms with Gasteiger partial charge < -0.3 is 14.2 Å². The molecule has 4 nitrogen and oxygen atoms in total. The molecule has 1 fully saturated rings. The van der Waals surface area contributed by atoms with Crippen molar-refractivity contribution in [1.29, 1.82) is 0 Å². The first kappa shape index (κ1) is 16.4. The van der Waals surface area contributed by atoms with Crippen LogP contribution in [0, 0.1) is 11.8 Å². The average molecular weight is 272 g/mol. The van der Waals surface area contributed by atoms with Gasteiger partial charge in [0.05, 0.1) is 19.1 Å². The summed E-state index contributed by atoms with van der Waals surface area (Å²) in [6, 6.07) is 0. The van der Waals surface area contributed by atoms with Crippen LogP contribution in [0.25, 0.3) is 0 Å². The fourth-order valence-electron chi connectivity index (χ4n) is 2.68. The monoisotopic (exact) mass is 272 g/mol. The van der Waals surface area contributed by atoms with E-state index in [1.807, 2.05) is 6.92 Å². The molecule has 0 spiro atoms. The smallest absolute Gasteiger partial charge is 0.311 e. The molecule has 4 heteroatoms. The third-order valence-corrected chi connectivity index (χ3v) is 3.82. The molecule has 1 aliphatic rings. The van der Waals surface area contributed by atoms with Gasteiger partial charge in [-0.3, -0.25) is 4.79 Å². The van der Waals surface area contributed by atoms with Crippen molar-refractivity contribution < 1.29 is 19.0 Å². The van der Waals surface area contributed by atoms with Crippen LogP contribution in [0.2, 0.25) is 0 Å². The molecule has 0 saturated carbocycles. The van der Waals surface area contributed by atoms with E-state index in [0.717, 1.165) is 38.7 Å². The molecule has 1 heterocycles. The second kappa shape index (κ2) is 8.54. The maximum absolute atomic E-state index is 11.8. The van der Waals surface area contributed by atoms with E-state index in [2.05, 4.69) is 13.8 Å². The van der Waals surface area contributed by atoms with Crippen LogP contribution in [-0.2, 0) is 19.0 Å². The Labute approximate surface area is 116 Å². The minimum absolute atomic E-state index is 0.129. The summed E-state index contributed by atoms with van der Waals surface area (Å²) in [5.41, 5.74) is 0. The average Bonchev–Trinajstić information content (AvgIpc) is 2.44. The Balaban J connectivity index is 2.64.